The smallest absolute Gasteiger partial charge is 0.348 e. The van der Waals surface area contributed by atoms with E-state index in [1.807, 2.05) is 24.3 Å². The minimum Gasteiger partial charge on any atom is -0.478 e. The molecule has 1 aromatic rings. The van der Waals surface area contributed by atoms with Crippen molar-refractivity contribution >= 4 is 5.97 Å². The number of carboxylic acid groups (broad SMARTS) is 1. The van der Waals surface area contributed by atoms with Crippen molar-refractivity contribution in [2.45, 2.75) is 38.2 Å². The Kier molecular flexibility index (Phi) is 4.10. The highest BCUT2D eigenvalue weighted by Gasteiger charge is 2.43. The lowest BCUT2D eigenvalue weighted by Crippen LogP contribution is -2.49. The van der Waals surface area contributed by atoms with Crippen LogP contribution in [0.2, 0.25) is 0 Å². The van der Waals surface area contributed by atoms with Gasteiger partial charge in [-0.15, -0.1) is 0 Å². The first-order valence-corrected chi connectivity index (χ1v) is 6.64. The highest BCUT2D eigenvalue weighted by Crippen LogP contribution is 2.33. The molecular formula is C15H20O4. The number of ether oxygens (including phenoxy) is 2. The van der Waals surface area contributed by atoms with Gasteiger partial charge in [-0.05, 0) is 17.5 Å². The molecule has 0 aromatic heterocycles. The van der Waals surface area contributed by atoms with E-state index < -0.39 is 11.6 Å². The van der Waals surface area contributed by atoms with Crippen molar-refractivity contribution in [1.29, 1.82) is 0 Å². The number of benzene rings is 1. The maximum Gasteiger partial charge on any atom is 0.348 e. The zero-order valence-corrected chi connectivity index (χ0v) is 11.4. The van der Waals surface area contributed by atoms with Gasteiger partial charge in [0, 0.05) is 12.8 Å². The van der Waals surface area contributed by atoms with Crippen molar-refractivity contribution in [1.82, 2.24) is 0 Å². The Morgan fingerprint density at radius 2 is 1.95 bits per heavy atom. The Balaban J connectivity index is 2.29. The number of carboxylic acids is 1. The fourth-order valence-corrected chi connectivity index (χ4v) is 2.32. The molecule has 1 heterocycles. The summed E-state index contributed by atoms with van der Waals surface area (Å²) in [7, 11) is 0. The first kappa shape index (κ1) is 13.9. The molecule has 0 bridgehead atoms. The number of para-hydroxylation sites is 1. The Bertz CT molecular complexity index is 447. The number of hydrogen-bond acceptors (Lipinski definition) is 3. The number of hydrogen-bond donors (Lipinski definition) is 1. The molecule has 0 saturated carbocycles. The van der Waals surface area contributed by atoms with E-state index in [-0.39, 0.29) is 0 Å². The summed E-state index contributed by atoms with van der Waals surface area (Å²) in [6, 6.07) is 7.64. The molecule has 0 radical (unpaired) electrons. The van der Waals surface area contributed by atoms with Crippen molar-refractivity contribution in [2.75, 3.05) is 13.2 Å². The summed E-state index contributed by atoms with van der Waals surface area (Å²) >= 11 is 0. The first-order valence-electron chi connectivity index (χ1n) is 6.64. The van der Waals surface area contributed by atoms with Gasteiger partial charge in [-0.1, -0.05) is 32.0 Å². The van der Waals surface area contributed by atoms with Crippen LogP contribution in [0.3, 0.4) is 0 Å². The van der Waals surface area contributed by atoms with Gasteiger partial charge in [0.05, 0.1) is 13.2 Å². The third-order valence-electron chi connectivity index (χ3n) is 3.54. The molecule has 4 nitrogen and oxygen atoms in total. The van der Waals surface area contributed by atoms with Crippen LogP contribution in [0.1, 0.15) is 38.2 Å². The Hall–Kier alpha value is -1.55. The second-order valence-electron chi connectivity index (χ2n) is 5.21. The fourth-order valence-electron chi connectivity index (χ4n) is 2.32. The summed E-state index contributed by atoms with van der Waals surface area (Å²) in [6.07, 6.45) is 0.767. The van der Waals surface area contributed by atoms with Crippen LogP contribution in [0.15, 0.2) is 24.3 Å². The lowest BCUT2D eigenvalue weighted by molar-refractivity contribution is -0.163. The van der Waals surface area contributed by atoms with Gasteiger partial charge in [-0.2, -0.15) is 0 Å². The maximum absolute atomic E-state index is 11.6. The van der Waals surface area contributed by atoms with E-state index >= 15 is 0 Å². The molecule has 1 aromatic carbocycles. The summed E-state index contributed by atoms with van der Waals surface area (Å²) in [6.45, 7) is 4.99. The van der Waals surface area contributed by atoms with E-state index in [1.54, 1.807) is 0 Å². The lowest BCUT2D eigenvalue weighted by atomic mass is 9.93. The van der Waals surface area contributed by atoms with E-state index in [0.29, 0.717) is 37.7 Å². The summed E-state index contributed by atoms with van der Waals surface area (Å²) in [5.41, 5.74) is -0.113. The predicted molar refractivity (Wildman–Crippen MR) is 71.6 cm³/mol. The minimum atomic E-state index is -1.15. The normalized spacial score (nSPS) is 18.3. The second-order valence-corrected chi connectivity index (χ2v) is 5.21. The predicted octanol–water partition coefficient (Wildman–Crippen LogP) is 2.82. The van der Waals surface area contributed by atoms with Crippen LogP contribution < -0.4 is 4.74 Å². The van der Waals surface area contributed by atoms with Crippen molar-refractivity contribution in [2.24, 2.45) is 0 Å². The van der Waals surface area contributed by atoms with Crippen LogP contribution in [0.25, 0.3) is 0 Å². The van der Waals surface area contributed by atoms with Crippen molar-refractivity contribution < 1.29 is 19.4 Å². The standard InChI is InChI=1S/C15H20O4/c1-11(2)12-5-3-4-6-13(12)19-15(14(16)17)7-9-18-10-8-15/h3-6,11H,7-10H2,1-2H3,(H,16,17). The average molecular weight is 264 g/mol. The van der Waals surface area contributed by atoms with Gasteiger partial charge >= 0.3 is 5.97 Å². The Morgan fingerprint density at radius 1 is 1.32 bits per heavy atom. The zero-order chi connectivity index (χ0) is 13.9. The van der Waals surface area contributed by atoms with Crippen molar-refractivity contribution in [3.63, 3.8) is 0 Å². The molecule has 0 atom stereocenters. The maximum atomic E-state index is 11.6. The monoisotopic (exact) mass is 264 g/mol. The molecule has 0 unspecified atom stereocenters. The van der Waals surface area contributed by atoms with Gasteiger partial charge in [0.25, 0.3) is 0 Å². The number of carbonyl (C=O) groups is 1. The van der Waals surface area contributed by atoms with E-state index in [0.717, 1.165) is 5.56 Å². The SMILES string of the molecule is CC(C)c1ccccc1OC1(C(=O)O)CCOCC1. The molecule has 1 saturated heterocycles. The van der Waals surface area contributed by atoms with E-state index in [2.05, 4.69) is 13.8 Å². The van der Waals surface area contributed by atoms with Gasteiger partial charge in [-0.3, -0.25) is 0 Å². The summed E-state index contributed by atoms with van der Waals surface area (Å²) < 4.78 is 11.2. The average Bonchev–Trinajstić information content (AvgIpc) is 2.40. The van der Waals surface area contributed by atoms with E-state index in [1.165, 1.54) is 0 Å². The van der Waals surface area contributed by atoms with Crippen LogP contribution >= 0.6 is 0 Å². The largest absolute Gasteiger partial charge is 0.478 e. The molecule has 1 N–H and O–H groups in total. The summed E-state index contributed by atoms with van der Waals surface area (Å²) in [5, 5.41) is 9.50. The van der Waals surface area contributed by atoms with Crippen molar-refractivity contribution in [3.05, 3.63) is 29.8 Å². The third kappa shape index (κ3) is 2.89. The molecule has 19 heavy (non-hydrogen) atoms. The summed E-state index contributed by atoms with van der Waals surface area (Å²) in [4.78, 5) is 11.6. The molecule has 104 valence electrons. The lowest BCUT2D eigenvalue weighted by Gasteiger charge is -2.34. The quantitative estimate of drug-likeness (QED) is 0.908. The second kappa shape index (κ2) is 5.61. The Morgan fingerprint density at radius 3 is 2.53 bits per heavy atom. The number of rotatable bonds is 4. The van der Waals surface area contributed by atoms with Gasteiger partial charge in [-0.25, -0.2) is 4.79 Å². The van der Waals surface area contributed by atoms with Crippen LogP contribution in [0, 0.1) is 0 Å². The molecule has 1 aliphatic rings. The topological polar surface area (TPSA) is 55.8 Å². The molecular weight excluding hydrogens is 244 g/mol. The number of aliphatic carboxylic acids is 1. The first-order chi connectivity index (χ1) is 9.05. The Labute approximate surface area is 113 Å². The minimum absolute atomic E-state index is 0.293. The highest BCUT2D eigenvalue weighted by molar-refractivity contribution is 5.78. The molecule has 0 aliphatic carbocycles. The van der Waals surface area contributed by atoms with Gasteiger partial charge < -0.3 is 14.6 Å². The van der Waals surface area contributed by atoms with Crippen LogP contribution in [-0.4, -0.2) is 29.9 Å². The molecule has 1 aliphatic heterocycles. The molecule has 2 rings (SSSR count). The van der Waals surface area contributed by atoms with E-state index in [9.17, 15) is 9.90 Å². The highest BCUT2D eigenvalue weighted by atomic mass is 16.5. The van der Waals surface area contributed by atoms with Crippen LogP contribution in [0.5, 0.6) is 5.75 Å². The van der Waals surface area contributed by atoms with Crippen LogP contribution in [-0.2, 0) is 9.53 Å². The van der Waals surface area contributed by atoms with Gasteiger partial charge in [0.1, 0.15) is 5.75 Å². The van der Waals surface area contributed by atoms with Gasteiger partial charge in [0.15, 0.2) is 0 Å². The fraction of sp³-hybridized carbons (Fsp3) is 0.533. The van der Waals surface area contributed by atoms with Crippen molar-refractivity contribution in [3.8, 4) is 5.75 Å². The van der Waals surface area contributed by atoms with Crippen LogP contribution in [0.4, 0.5) is 0 Å². The molecule has 0 amide bonds. The van der Waals surface area contributed by atoms with E-state index in [4.69, 9.17) is 9.47 Å². The third-order valence-corrected chi connectivity index (χ3v) is 3.54. The molecule has 0 spiro atoms. The molecule has 1 fully saturated rings. The summed E-state index contributed by atoms with van der Waals surface area (Å²) in [5.74, 6) is 0.0537. The molecule has 4 heteroatoms. The van der Waals surface area contributed by atoms with Gasteiger partial charge in [0.2, 0.25) is 5.60 Å². The zero-order valence-electron chi connectivity index (χ0n) is 11.4.